The quantitative estimate of drug-likeness (QED) is 0.750. The molecule has 1 atom stereocenters. The van der Waals surface area contributed by atoms with Crippen molar-refractivity contribution in [3.8, 4) is 0 Å². The van der Waals surface area contributed by atoms with Crippen LogP contribution in [0.2, 0.25) is 0 Å². The first-order chi connectivity index (χ1) is 8.92. The average Bonchev–Trinajstić information content (AvgIpc) is 2.48. The standard InChI is InChI=1S/C16H32N2O/c1-5-7-14-8-9-15(19)18(13-10-14)12-6-11-17-16(2,3)4/h14,17H,5-13H2,1-4H3. The molecule has 0 radical (unpaired) electrons. The van der Waals surface area contributed by atoms with Crippen LogP contribution >= 0.6 is 0 Å². The van der Waals surface area contributed by atoms with E-state index in [-0.39, 0.29) is 5.54 Å². The molecule has 0 aromatic carbocycles. The molecule has 1 heterocycles. The Balaban J connectivity index is 2.27. The zero-order valence-corrected chi connectivity index (χ0v) is 13.3. The Kier molecular flexibility index (Phi) is 6.84. The molecule has 19 heavy (non-hydrogen) atoms. The zero-order valence-electron chi connectivity index (χ0n) is 13.3. The van der Waals surface area contributed by atoms with Gasteiger partial charge in [-0.2, -0.15) is 0 Å². The van der Waals surface area contributed by atoms with Crippen LogP contribution in [-0.2, 0) is 4.79 Å². The van der Waals surface area contributed by atoms with Crippen LogP contribution in [-0.4, -0.2) is 36.0 Å². The van der Waals surface area contributed by atoms with Crippen LogP contribution in [0.1, 0.15) is 66.2 Å². The fourth-order valence-corrected chi connectivity index (χ4v) is 2.76. The fraction of sp³-hybridized carbons (Fsp3) is 0.938. The van der Waals surface area contributed by atoms with Crippen molar-refractivity contribution in [3.63, 3.8) is 0 Å². The number of amides is 1. The van der Waals surface area contributed by atoms with Gasteiger partial charge in [-0.1, -0.05) is 19.8 Å². The van der Waals surface area contributed by atoms with Crippen molar-refractivity contribution in [1.82, 2.24) is 10.2 Å². The molecule has 0 spiro atoms. The van der Waals surface area contributed by atoms with E-state index in [4.69, 9.17) is 0 Å². The largest absolute Gasteiger partial charge is 0.343 e. The normalized spacial score (nSPS) is 21.6. The SMILES string of the molecule is CCCC1CCC(=O)N(CCCNC(C)(C)C)CC1. The molecule has 112 valence electrons. The first-order valence-electron chi connectivity index (χ1n) is 7.95. The Labute approximate surface area is 119 Å². The average molecular weight is 268 g/mol. The lowest BCUT2D eigenvalue weighted by Gasteiger charge is -2.24. The van der Waals surface area contributed by atoms with Crippen LogP contribution in [0.5, 0.6) is 0 Å². The van der Waals surface area contributed by atoms with Crippen LogP contribution in [0.15, 0.2) is 0 Å². The molecule has 0 bridgehead atoms. The molecule has 1 aliphatic heterocycles. The number of nitrogens with one attached hydrogen (secondary N) is 1. The Bertz CT molecular complexity index is 270. The van der Waals surface area contributed by atoms with Crippen LogP contribution in [0.3, 0.4) is 0 Å². The van der Waals surface area contributed by atoms with Crippen molar-refractivity contribution in [3.05, 3.63) is 0 Å². The van der Waals surface area contributed by atoms with Gasteiger partial charge in [0.05, 0.1) is 0 Å². The summed E-state index contributed by atoms with van der Waals surface area (Å²) in [5.41, 5.74) is 0.176. The molecule has 3 heteroatoms. The van der Waals surface area contributed by atoms with E-state index in [1.165, 1.54) is 19.3 Å². The van der Waals surface area contributed by atoms with Gasteiger partial charge in [0, 0.05) is 25.0 Å². The molecule has 0 saturated carbocycles. The van der Waals surface area contributed by atoms with Gasteiger partial charge in [-0.25, -0.2) is 0 Å². The monoisotopic (exact) mass is 268 g/mol. The number of hydrogen-bond donors (Lipinski definition) is 1. The summed E-state index contributed by atoms with van der Waals surface area (Å²) in [5, 5.41) is 3.48. The van der Waals surface area contributed by atoms with Gasteiger partial charge in [0.15, 0.2) is 0 Å². The highest BCUT2D eigenvalue weighted by atomic mass is 16.2. The third-order valence-electron chi connectivity index (χ3n) is 3.88. The van der Waals surface area contributed by atoms with Gasteiger partial charge < -0.3 is 10.2 Å². The van der Waals surface area contributed by atoms with Crippen LogP contribution < -0.4 is 5.32 Å². The van der Waals surface area contributed by atoms with Crippen molar-refractivity contribution < 1.29 is 4.79 Å². The minimum absolute atomic E-state index is 0.176. The van der Waals surface area contributed by atoms with Gasteiger partial charge in [0.2, 0.25) is 5.91 Å². The van der Waals surface area contributed by atoms with E-state index >= 15 is 0 Å². The maximum atomic E-state index is 12.1. The highest BCUT2D eigenvalue weighted by molar-refractivity contribution is 5.76. The van der Waals surface area contributed by atoms with Gasteiger partial charge in [-0.15, -0.1) is 0 Å². The second-order valence-corrected chi connectivity index (χ2v) is 6.89. The van der Waals surface area contributed by atoms with E-state index in [0.29, 0.717) is 5.91 Å². The maximum absolute atomic E-state index is 12.1. The second kappa shape index (κ2) is 7.88. The highest BCUT2D eigenvalue weighted by Crippen LogP contribution is 2.22. The molecule has 0 aromatic heterocycles. The van der Waals surface area contributed by atoms with Crippen LogP contribution in [0, 0.1) is 5.92 Å². The number of hydrogen-bond acceptors (Lipinski definition) is 2. The predicted octanol–water partition coefficient (Wildman–Crippen LogP) is 3.19. The van der Waals surface area contributed by atoms with E-state index in [9.17, 15) is 4.79 Å². The third-order valence-corrected chi connectivity index (χ3v) is 3.88. The van der Waals surface area contributed by atoms with E-state index in [1.54, 1.807) is 0 Å². The molecule has 1 amide bonds. The van der Waals surface area contributed by atoms with Gasteiger partial charge in [0.1, 0.15) is 0 Å². The molecule has 1 fully saturated rings. The Morgan fingerprint density at radius 1 is 1.32 bits per heavy atom. The van der Waals surface area contributed by atoms with Crippen molar-refractivity contribution in [2.45, 2.75) is 71.8 Å². The first kappa shape index (κ1) is 16.5. The third kappa shape index (κ3) is 6.95. The minimum Gasteiger partial charge on any atom is -0.343 e. The van der Waals surface area contributed by atoms with E-state index in [1.807, 2.05) is 0 Å². The van der Waals surface area contributed by atoms with Gasteiger partial charge >= 0.3 is 0 Å². The molecular weight excluding hydrogens is 236 g/mol. The number of rotatable bonds is 6. The van der Waals surface area contributed by atoms with E-state index < -0.39 is 0 Å². The lowest BCUT2D eigenvalue weighted by molar-refractivity contribution is -0.130. The topological polar surface area (TPSA) is 32.3 Å². The zero-order chi connectivity index (χ0) is 14.3. The predicted molar refractivity (Wildman–Crippen MR) is 81.2 cm³/mol. The van der Waals surface area contributed by atoms with Gasteiger partial charge in [-0.05, 0) is 52.5 Å². The lowest BCUT2D eigenvalue weighted by atomic mass is 9.96. The molecule has 1 unspecified atom stereocenters. The van der Waals surface area contributed by atoms with Crippen molar-refractivity contribution in [2.75, 3.05) is 19.6 Å². The number of carbonyl (C=O) groups excluding carboxylic acids is 1. The lowest BCUT2D eigenvalue weighted by Crippen LogP contribution is -2.38. The van der Waals surface area contributed by atoms with E-state index in [2.05, 4.69) is 37.9 Å². The molecule has 1 aliphatic rings. The Morgan fingerprint density at radius 3 is 2.68 bits per heavy atom. The smallest absolute Gasteiger partial charge is 0.222 e. The van der Waals surface area contributed by atoms with Crippen molar-refractivity contribution in [1.29, 1.82) is 0 Å². The fourth-order valence-electron chi connectivity index (χ4n) is 2.76. The number of carbonyl (C=O) groups is 1. The van der Waals surface area contributed by atoms with Gasteiger partial charge in [-0.3, -0.25) is 4.79 Å². The van der Waals surface area contributed by atoms with Crippen molar-refractivity contribution in [2.24, 2.45) is 5.92 Å². The summed E-state index contributed by atoms with van der Waals surface area (Å²) in [4.78, 5) is 14.1. The molecule has 1 N–H and O–H groups in total. The summed E-state index contributed by atoms with van der Waals surface area (Å²) in [7, 11) is 0. The highest BCUT2D eigenvalue weighted by Gasteiger charge is 2.21. The summed E-state index contributed by atoms with van der Waals surface area (Å²) in [6, 6.07) is 0. The Hall–Kier alpha value is -0.570. The molecule has 0 aromatic rings. The summed E-state index contributed by atoms with van der Waals surface area (Å²) in [5.74, 6) is 1.14. The van der Waals surface area contributed by atoms with Crippen molar-refractivity contribution >= 4 is 5.91 Å². The summed E-state index contributed by atoms with van der Waals surface area (Å²) < 4.78 is 0. The van der Waals surface area contributed by atoms with Crippen LogP contribution in [0.25, 0.3) is 0 Å². The van der Waals surface area contributed by atoms with E-state index in [0.717, 1.165) is 44.8 Å². The molecule has 3 nitrogen and oxygen atoms in total. The summed E-state index contributed by atoms with van der Waals surface area (Å²) in [6.07, 6.45) is 6.65. The van der Waals surface area contributed by atoms with Gasteiger partial charge in [0.25, 0.3) is 0 Å². The molecular formula is C16H32N2O. The molecule has 1 rings (SSSR count). The summed E-state index contributed by atoms with van der Waals surface area (Å²) in [6.45, 7) is 11.7. The Morgan fingerprint density at radius 2 is 2.05 bits per heavy atom. The maximum Gasteiger partial charge on any atom is 0.222 e. The second-order valence-electron chi connectivity index (χ2n) is 6.89. The molecule has 1 saturated heterocycles. The van der Waals surface area contributed by atoms with Crippen LogP contribution in [0.4, 0.5) is 0 Å². The minimum atomic E-state index is 0.176. The summed E-state index contributed by atoms with van der Waals surface area (Å²) >= 11 is 0. The number of nitrogens with zero attached hydrogens (tertiary/aromatic N) is 1. The number of likely N-dealkylation sites (tertiary alicyclic amines) is 1. The first-order valence-corrected chi connectivity index (χ1v) is 7.95. The molecule has 0 aliphatic carbocycles.